The number of aromatic hydroxyl groups is 1. The molecule has 0 bridgehead atoms. The van der Waals surface area contributed by atoms with Crippen molar-refractivity contribution in [3.63, 3.8) is 0 Å². The van der Waals surface area contributed by atoms with E-state index in [1.165, 1.54) is 0 Å². The first kappa shape index (κ1) is 15.0. The second kappa shape index (κ2) is 5.83. The third kappa shape index (κ3) is 2.63. The van der Waals surface area contributed by atoms with Gasteiger partial charge in [0.1, 0.15) is 0 Å². The van der Waals surface area contributed by atoms with Crippen LogP contribution in [0.3, 0.4) is 0 Å². The number of pyridine rings is 1. The SMILES string of the molecule is Cc1cc(C(=O)N=Nc2c(O)[nH]c3ccccc23)c2ccccc2n1. The molecule has 2 heterocycles. The van der Waals surface area contributed by atoms with Crippen LogP contribution in [0, 0.1) is 6.92 Å². The summed E-state index contributed by atoms with van der Waals surface area (Å²) in [6, 6.07) is 16.4. The summed E-state index contributed by atoms with van der Waals surface area (Å²) >= 11 is 0. The van der Waals surface area contributed by atoms with Gasteiger partial charge in [-0.2, -0.15) is 0 Å². The molecule has 0 fully saturated rings. The van der Waals surface area contributed by atoms with Gasteiger partial charge in [0.15, 0.2) is 5.69 Å². The van der Waals surface area contributed by atoms with E-state index in [-0.39, 0.29) is 11.6 Å². The van der Waals surface area contributed by atoms with Crippen molar-refractivity contribution in [2.75, 3.05) is 0 Å². The molecule has 6 heteroatoms. The normalized spacial score (nSPS) is 11.6. The zero-order chi connectivity index (χ0) is 17.4. The van der Waals surface area contributed by atoms with Crippen LogP contribution in [0.4, 0.5) is 5.69 Å². The molecule has 4 rings (SSSR count). The van der Waals surface area contributed by atoms with Crippen molar-refractivity contribution in [3.05, 3.63) is 65.9 Å². The fourth-order valence-corrected chi connectivity index (χ4v) is 2.85. The number of rotatable bonds is 2. The Bertz CT molecular complexity index is 1140. The number of carbonyl (C=O) groups excluding carboxylic acids is 1. The first-order chi connectivity index (χ1) is 12.1. The minimum atomic E-state index is -0.480. The number of hydrogen-bond acceptors (Lipinski definition) is 4. The zero-order valence-electron chi connectivity index (χ0n) is 13.4. The summed E-state index contributed by atoms with van der Waals surface area (Å²) in [5.41, 5.74) is 2.88. The van der Waals surface area contributed by atoms with Crippen LogP contribution in [-0.4, -0.2) is 21.0 Å². The molecular formula is C19H14N4O2. The first-order valence-electron chi connectivity index (χ1n) is 7.75. The quantitative estimate of drug-likeness (QED) is 0.524. The van der Waals surface area contributed by atoms with Crippen LogP contribution in [0.5, 0.6) is 5.88 Å². The van der Waals surface area contributed by atoms with Crippen molar-refractivity contribution >= 4 is 33.4 Å². The topological polar surface area (TPSA) is 90.7 Å². The Morgan fingerprint density at radius 1 is 1.08 bits per heavy atom. The summed E-state index contributed by atoms with van der Waals surface area (Å²) in [5, 5.41) is 19.2. The number of azo groups is 1. The Hall–Kier alpha value is -3.54. The maximum Gasteiger partial charge on any atom is 0.296 e. The number of amides is 1. The number of aromatic amines is 1. The molecule has 2 N–H and O–H groups in total. The zero-order valence-corrected chi connectivity index (χ0v) is 13.4. The van der Waals surface area contributed by atoms with Crippen molar-refractivity contribution < 1.29 is 9.90 Å². The van der Waals surface area contributed by atoms with Crippen LogP contribution in [0.25, 0.3) is 21.8 Å². The largest absolute Gasteiger partial charge is 0.493 e. The number of benzene rings is 2. The number of aromatic nitrogens is 2. The highest BCUT2D eigenvalue weighted by atomic mass is 16.3. The van der Waals surface area contributed by atoms with Gasteiger partial charge in [-0.05, 0) is 25.1 Å². The van der Waals surface area contributed by atoms with Crippen molar-refractivity contribution in [3.8, 4) is 5.88 Å². The molecule has 0 aliphatic carbocycles. The van der Waals surface area contributed by atoms with E-state index in [0.29, 0.717) is 10.9 Å². The fraction of sp³-hybridized carbons (Fsp3) is 0.0526. The summed E-state index contributed by atoms with van der Waals surface area (Å²) < 4.78 is 0. The molecular weight excluding hydrogens is 316 g/mol. The molecule has 4 aromatic rings. The number of aryl methyl sites for hydroxylation is 1. The monoisotopic (exact) mass is 330 g/mol. The first-order valence-corrected chi connectivity index (χ1v) is 7.75. The average Bonchev–Trinajstić information content (AvgIpc) is 2.94. The number of para-hydroxylation sites is 2. The van der Waals surface area contributed by atoms with Gasteiger partial charge in [-0.1, -0.05) is 36.4 Å². The maximum absolute atomic E-state index is 12.6. The molecule has 122 valence electrons. The van der Waals surface area contributed by atoms with Gasteiger partial charge >= 0.3 is 0 Å². The molecule has 6 nitrogen and oxygen atoms in total. The lowest BCUT2D eigenvalue weighted by Crippen LogP contribution is -1.98. The number of hydrogen-bond donors (Lipinski definition) is 2. The molecule has 2 aromatic carbocycles. The van der Waals surface area contributed by atoms with Crippen LogP contribution >= 0.6 is 0 Å². The van der Waals surface area contributed by atoms with Crippen molar-refractivity contribution in [2.45, 2.75) is 6.92 Å². The number of carbonyl (C=O) groups is 1. The smallest absolute Gasteiger partial charge is 0.296 e. The standard InChI is InChI=1S/C19H14N4O2/c1-11-10-14(12-6-2-4-8-15(12)20-11)18(24)23-22-17-13-7-3-5-9-16(13)21-19(17)25/h2-10,21,25H,1H3. The highest BCUT2D eigenvalue weighted by Crippen LogP contribution is 2.35. The van der Waals surface area contributed by atoms with E-state index in [1.807, 2.05) is 49.4 Å². The summed E-state index contributed by atoms with van der Waals surface area (Å²) in [7, 11) is 0. The molecule has 2 aromatic heterocycles. The minimum absolute atomic E-state index is 0.117. The highest BCUT2D eigenvalue weighted by molar-refractivity contribution is 6.06. The van der Waals surface area contributed by atoms with Crippen molar-refractivity contribution in [1.82, 2.24) is 9.97 Å². The molecule has 1 amide bonds. The average molecular weight is 330 g/mol. The highest BCUT2D eigenvalue weighted by Gasteiger charge is 2.13. The van der Waals surface area contributed by atoms with E-state index in [0.717, 1.165) is 22.1 Å². The van der Waals surface area contributed by atoms with Gasteiger partial charge in [0, 0.05) is 16.5 Å². The molecule has 0 radical (unpaired) electrons. The van der Waals surface area contributed by atoms with Gasteiger partial charge in [0.25, 0.3) is 5.91 Å². The molecule has 0 spiro atoms. The van der Waals surface area contributed by atoms with Gasteiger partial charge in [0.2, 0.25) is 5.88 Å². The summed E-state index contributed by atoms with van der Waals surface area (Å²) in [6.07, 6.45) is 0. The Morgan fingerprint density at radius 3 is 2.64 bits per heavy atom. The second-order valence-electron chi connectivity index (χ2n) is 5.70. The van der Waals surface area contributed by atoms with E-state index in [9.17, 15) is 9.90 Å². The Balaban J connectivity index is 1.77. The lowest BCUT2D eigenvalue weighted by Gasteiger charge is -2.03. The van der Waals surface area contributed by atoms with Crippen LogP contribution in [0.2, 0.25) is 0 Å². The van der Waals surface area contributed by atoms with Gasteiger partial charge < -0.3 is 10.1 Å². The Labute approximate surface area is 142 Å². The number of nitrogens with one attached hydrogen (secondary N) is 1. The fourth-order valence-electron chi connectivity index (χ4n) is 2.85. The predicted octanol–water partition coefficient (Wildman–Crippen LogP) is 4.65. The van der Waals surface area contributed by atoms with Crippen molar-refractivity contribution in [2.24, 2.45) is 10.2 Å². The molecule has 0 atom stereocenters. The van der Waals surface area contributed by atoms with E-state index in [1.54, 1.807) is 12.1 Å². The molecule has 0 aliphatic rings. The van der Waals surface area contributed by atoms with Gasteiger partial charge in [-0.15, -0.1) is 10.2 Å². The molecule has 0 saturated carbocycles. The van der Waals surface area contributed by atoms with E-state index in [2.05, 4.69) is 20.2 Å². The second-order valence-corrected chi connectivity index (χ2v) is 5.70. The van der Waals surface area contributed by atoms with Gasteiger partial charge in [-0.3, -0.25) is 9.78 Å². The molecule has 0 saturated heterocycles. The van der Waals surface area contributed by atoms with Crippen LogP contribution in [0.15, 0.2) is 64.8 Å². The van der Waals surface area contributed by atoms with E-state index < -0.39 is 5.91 Å². The third-order valence-corrected chi connectivity index (χ3v) is 3.98. The predicted molar refractivity (Wildman–Crippen MR) is 95.3 cm³/mol. The van der Waals surface area contributed by atoms with Crippen LogP contribution in [-0.2, 0) is 0 Å². The Kier molecular flexibility index (Phi) is 3.50. The minimum Gasteiger partial charge on any atom is -0.493 e. The van der Waals surface area contributed by atoms with E-state index in [4.69, 9.17) is 0 Å². The molecule has 25 heavy (non-hydrogen) atoms. The lowest BCUT2D eigenvalue weighted by atomic mass is 10.1. The van der Waals surface area contributed by atoms with Gasteiger partial charge in [0.05, 0.1) is 16.6 Å². The third-order valence-electron chi connectivity index (χ3n) is 3.98. The van der Waals surface area contributed by atoms with E-state index >= 15 is 0 Å². The van der Waals surface area contributed by atoms with Crippen LogP contribution < -0.4 is 0 Å². The Morgan fingerprint density at radius 2 is 1.80 bits per heavy atom. The number of fused-ring (bicyclic) bond motifs is 2. The maximum atomic E-state index is 12.6. The summed E-state index contributed by atoms with van der Waals surface area (Å²) in [4.78, 5) is 19.8. The molecule has 0 unspecified atom stereocenters. The van der Waals surface area contributed by atoms with Crippen molar-refractivity contribution in [1.29, 1.82) is 0 Å². The number of nitrogens with zero attached hydrogens (tertiary/aromatic N) is 3. The lowest BCUT2D eigenvalue weighted by molar-refractivity contribution is 0.0996. The summed E-state index contributed by atoms with van der Waals surface area (Å²) in [5.74, 6) is -0.597. The summed E-state index contributed by atoms with van der Waals surface area (Å²) in [6.45, 7) is 1.83. The molecule has 0 aliphatic heterocycles. The van der Waals surface area contributed by atoms with Crippen LogP contribution in [0.1, 0.15) is 16.1 Å². The number of H-pyrrole nitrogens is 1. The van der Waals surface area contributed by atoms with Gasteiger partial charge in [-0.25, -0.2) is 0 Å².